The molecule has 0 bridgehead atoms. The van der Waals surface area contributed by atoms with E-state index in [2.05, 4.69) is 32.9 Å². The van der Waals surface area contributed by atoms with Crippen molar-refractivity contribution in [1.29, 1.82) is 0 Å². The standard InChI is InChI=1S/C22H32O2/c1-21(2)14-24-20-16(9-15-7-5-4-6-8-15)10-17(11-19(20)21)22(3)12-18(22)13-23/h10-11,15,18,23H,4-9,12-14H2,1-3H3/t18-,22-/m1/s1. The fourth-order valence-electron chi connectivity index (χ4n) is 4.95. The molecule has 132 valence electrons. The van der Waals surface area contributed by atoms with E-state index >= 15 is 0 Å². The van der Waals surface area contributed by atoms with Crippen LogP contribution < -0.4 is 4.74 Å². The maximum Gasteiger partial charge on any atom is 0.126 e. The molecule has 0 unspecified atom stereocenters. The van der Waals surface area contributed by atoms with Crippen LogP contribution in [-0.2, 0) is 17.3 Å². The Balaban J connectivity index is 1.71. The van der Waals surface area contributed by atoms with Gasteiger partial charge in [-0.15, -0.1) is 0 Å². The van der Waals surface area contributed by atoms with E-state index in [4.69, 9.17) is 4.74 Å². The van der Waals surface area contributed by atoms with Gasteiger partial charge in [0.1, 0.15) is 5.75 Å². The maximum atomic E-state index is 9.60. The Morgan fingerprint density at radius 2 is 1.88 bits per heavy atom. The van der Waals surface area contributed by atoms with Gasteiger partial charge in [0, 0.05) is 17.6 Å². The van der Waals surface area contributed by atoms with Crippen LogP contribution in [0.2, 0.25) is 0 Å². The summed E-state index contributed by atoms with van der Waals surface area (Å²) in [5.74, 6) is 2.44. The molecule has 1 aromatic carbocycles. The lowest BCUT2D eigenvalue weighted by atomic mass is 9.79. The highest BCUT2D eigenvalue weighted by Gasteiger charge is 2.51. The Hall–Kier alpha value is -1.02. The average molecular weight is 328 g/mol. The van der Waals surface area contributed by atoms with Gasteiger partial charge in [0.25, 0.3) is 0 Å². The molecule has 2 aliphatic carbocycles. The molecule has 4 rings (SSSR count). The molecule has 0 saturated heterocycles. The van der Waals surface area contributed by atoms with Gasteiger partial charge in [0.15, 0.2) is 0 Å². The normalized spacial score (nSPS) is 31.6. The molecule has 2 saturated carbocycles. The number of aliphatic hydroxyl groups excluding tert-OH is 1. The quantitative estimate of drug-likeness (QED) is 0.864. The van der Waals surface area contributed by atoms with Crippen LogP contribution in [0.15, 0.2) is 12.1 Å². The van der Waals surface area contributed by atoms with E-state index in [0.29, 0.717) is 12.5 Å². The first-order valence-corrected chi connectivity index (χ1v) is 9.85. The number of hydrogen-bond donors (Lipinski definition) is 1. The van der Waals surface area contributed by atoms with E-state index in [1.54, 1.807) is 0 Å². The van der Waals surface area contributed by atoms with Gasteiger partial charge in [-0.1, -0.05) is 65.0 Å². The van der Waals surface area contributed by atoms with Crippen molar-refractivity contribution in [3.63, 3.8) is 0 Å². The van der Waals surface area contributed by atoms with Crippen LogP contribution in [-0.4, -0.2) is 18.3 Å². The molecule has 2 heteroatoms. The SMILES string of the molecule is CC1(C)COc2c(CC3CCCCC3)cc([C@@]3(C)C[C@@H]3CO)cc21. The van der Waals surface area contributed by atoms with Crippen LogP contribution in [0, 0.1) is 11.8 Å². The van der Waals surface area contributed by atoms with Crippen molar-refractivity contribution < 1.29 is 9.84 Å². The van der Waals surface area contributed by atoms with Crippen molar-refractivity contribution in [3.05, 3.63) is 28.8 Å². The molecule has 2 fully saturated rings. The van der Waals surface area contributed by atoms with Gasteiger partial charge in [0.2, 0.25) is 0 Å². The van der Waals surface area contributed by atoms with Crippen LogP contribution in [0.5, 0.6) is 5.75 Å². The van der Waals surface area contributed by atoms with Gasteiger partial charge >= 0.3 is 0 Å². The molecular formula is C22H32O2. The summed E-state index contributed by atoms with van der Waals surface area (Å²) in [5.41, 5.74) is 4.54. The molecule has 2 atom stereocenters. The molecule has 2 nitrogen and oxygen atoms in total. The monoisotopic (exact) mass is 328 g/mol. The van der Waals surface area contributed by atoms with E-state index in [-0.39, 0.29) is 10.8 Å². The second-order valence-electron chi connectivity index (χ2n) is 9.39. The van der Waals surface area contributed by atoms with Gasteiger partial charge in [-0.3, -0.25) is 0 Å². The Morgan fingerprint density at radius 3 is 2.54 bits per heavy atom. The fraction of sp³-hybridized carbons (Fsp3) is 0.727. The minimum atomic E-state index is 0.104. The minimum absolute atomic E-state index is 0.104. The molecule has 3 aliphatic rings. The van der Waals surface area contributed by atoms with Crippen LogP contribution in [0.3, 0.4) is 0 Å². The summed E-state index contributed by atoms with van der Waals surface area (Å²) in [5, 5.41) is 9.60. The Morgan fingerprint density at radius 1 is 1.12 bits per heavy atom. The lowest BCUT2D eigenvalue weighted by Gasteiger charge is -2.24. The highest BCUT2D eigenvalue weighted by Crippen LogP contribution is 2.56. The molecule has 24 heavy (non-hydrogen) atoms. The number of benzene rings is 1. The molecule has 1 aromatic rings. The van der Waals surface area contributed by atoms with Crippen molar-refractivity contribution in [2.45, 2.75) is 76.5 Å². The Labute approximate surface area is 146 Å². The van der Waals surface area contributed by atoms with E-state index < -0.39 is 0 Å². The highest BCUT2D eigenvalue weighted by atomic mass is 16.5. The zero-order valence-corrected chi connectivity index (χ0v) is 15.5. The zero-order chi connectivity index (χ0) is 16.9. The second kappa shape index (κ2) is 5.76. The summed E-state index contributed by atoms with van der Waals surface area (Å²) in [6, 6.07) is 4.81. The van der Waals surface area contributed by atoms with Crippen molar-refractivity contribution in [2.75, 3.05) is 13.2 Å². The third kappa shape index (κ3) is 2.67. The van der Waals surface area contributed by atoms with Crippen LogP contribution >= 0.6 is 0 Å². The van der Waals surface area contributed by atoms with Crippen molar-refractivity contribution >= 4 is 0 Å². The molecule has 1 N–H and O–H groups in total. The first-order valence-electron chi connectivity index (χ1n) is 9.85. The van der Waals surface area contributed by atoms with Crippen molar-refractivity contribution in [3.8, 4) is 5.75 Å². The molecular weight excluding hydrogens is 296 g/mol. The first-order chi connectivity index (χ1) is 11.4. The summed E-state index contributed by atoms with van der Waals surface area (Å²) in [4.78, 5) is 0. The third-order valence-corrected chi connectivity index (χ3v) is 7.00. The lowest BCUT2D eigenvalue weighted by molar-refractivity contribution is 0.265. The van der Waals surface area contributed by atoms with Crippen LogP contribution in [0.4, 0.5) is 0 Å². The largest absolute Gasteiger partial charge is 0.492 e. The molecule has 0 aromatic heterocycles. The number of rotatable bonds is 4. The summed E-state index contributed by atoms with van der Waals surface area (Å²) < 4.78 is 6.18. The predicted octanol–water partition coefficient (Wildman–Crippen LogP) is 4.75. The average Bonchev–Trinajstić information content (AvgIpc) is 3.16. The summed E-state index contributed by atoms with van der Waals surface area (Å²) in [6.45, 7) is 8.02. The third-order valence-electron chi connectivity index (χ3n) is 7.00. The number of aliphatic hydroxyl groups is 1. The van der Waals surface area contributed by atoms with Gasteiger partial charge in [-0.25, -0.2) is 0 Å². The lowest BCUT2D eigenvalue weighted by Crippen LogP contribution is -2.19. The number of fused-ring (bicyclic) bond motifs is 1. The van der Waals surface area contributed by atoms with Gasteiger partial charge in [-0.2, -0.15) is 0 Å². The van der Waals surface area contributed by atoms with E-state index in [9.17, 15) is 5.11 Å². The smallest absolute Gasteiger partial charge is 0.126 e. The van der Waals surface area contributed by atoms with Gasteiger partial charge in [0.05, 0.1) is 6.61 Å². The van der Waals surface area contributed by atoms with Gasteiger partial charge in [-0.05, 0) is 41.2 Å². The van der Waals surface area contributed by atoms with Crippen molar-refractivity contribution in [2.24, 2.45) is 11.8 Å². The van der Waals surface area contributed by atoms with Crippen LogP contribution in [0.25, 0.3) is 0 Å². The Bertz CT molecular complexity index is 627. The van der Waals surface area contributed by atoms with E-state index in [1.807, 2.05) is 0 Å². The maximum absolute atomic E-state index is 9.60. The first kappa shape index (κ1) is 16.4. The second-order valence-corrected chi connectivity index (χ2v) is 9.39. The summed E-state index contributed by atoms with van der Waals surface area (Å²) in [6.07, 6.45) is 9.23. The van der Waals surface area contributed by atoms with Crippen molar-refractivity contribution in [1.82, 2.24) is 0 Å². The topological polar surface area (TPSA) is 29.5 Å². The summed E-state index contributed by atoms with van der Waals surface area (Å²) >= 11 is 0. The molecule has 1 aliphatic heterocycles. The van der Waals surface area contributed by atoms with Crippen LogP contribution in [0.1, 0.15) is 76.0 Å². The highest BCUT2D eigenvalue weighted by molar-refractivity contribution is 5.54. The number of hydrogen-bond acceptors (Lipinski definition) is 2. The minimum Gasteiger partial charge on any atom is -0.492 e. The van der Waals surface area contributed by atoms with Gasteiger partial charge < -0.3 is 9.84 Å². The fourth-order valence-corrected chi connectivity index (χ4v) is 4.95. The molecule has 1 heterocycles. The molecule has 0 radical (unpaired) electrons. The summed E-state index contributed by atoms with van der Waals surface area (Å²) in [7, 11) is 0. The Kier molecular flexibility index (Phi) is 3.95. The predicted molar refractivity (Wildman–Crippen MR) is 97.8 cm³/mol. The zero-order valence-electron chi connectivity index (χ0n) is 15.5. The molecule has 0 spiro atoms. The van der Waals surface area contributed by atoms with E-state index in [0.717, 1.165) is 18.9 Å². The molecule has 0 amide bonds. The van der Waals surface area contributed by atoms with E-state index in [1.165, 1.54) is 61.0 Å². The number of ether oxygens (including phenoxy) is 1.